The van der Waals surface area contributed by atoms with Crippen molar-refractivity contribution in [2.24, 2.45) is 5.41 Å². The molecule has 0 aliphatic heterocycles. The van der Waals surface area contributed by atoms with Crippen molar-refractivity contribution in [3.63, 3.8) is 0 Å². The first-order valence-corrected chi connectivity index (χ1v) is 9.71. The van der Waals surface area contributed by atoms with Crippen molar-refractivity contribution < 1.29 is 0 Å². The van der Waals surface area contributed by atoms with Crippen LogP contribution < -0.4 is 5.32 Å². The van der Waals surface area contributed by atoms with Gasteiger partial charge in [-0.3, -0.25) is 0 Å². The summed E-state index contributed by atoms with van der Waals surface area (Å²) in [5.74, 6) is 0. The molecular weight excluding hydrogens is 256 g/mol. The van der Waals surface area contributed by atoms with Crippen LogP contribution in [0.4, 0.5) is 0 Å². The van der Waals surface area contributed by atoms with Gasteiger partial charge < -0.3 is 10.2 Å². The lowest BCUT2D eigenvalue weighted by atomic mass is 9.79. The van der Waals surface area contributed by atoms with Gasteiger partial charge in [-0.15, -0.1) is 0 Å². The number of nitrogens with zero attached hydrogens (tertiary/aromatic N) is 1. The number of hydrogen-bond acceptors (Lipinski definition) is 2. The van der Waals surface area contributed by atoms with E-state index in [4.69, 9.17) is 0 Å². The van der Waals surface area contributed by atoms with Crippen molar-refractivity contribution in [1.29, 1.82) is 0 Å². The summed E-state index contributed by atoms with van der Waals surface area (Å²) < 4.78 is 0. The summed E-state index contributed by atoms with van der Waals surface area (Å²) in [4.78, 5) is 2.75. The molecule has 1 N–H and O–H groups in total. The molecule has 3 fully saturated rings. The average Bonchev–Trinajstić information content (AvgIpc) is 3.34. The van der Waals surface area contributed by atoms with Gasteiger partial charge in [0.1, 0.15) is 0 Å². The summed E-state index contributed by atoms with van der Waals surface area (Å²) >= 11 is 0. The molecule has 2 heteroatoms. The first kappa shape index (κ1) is 15.8. The lowest BCUT2D eigenvalue weighted by Crippen LogP contribution is -2.46. The molecule has 3 saturated carbocycles. The second kappa shape index (κ2) is 7.46. The third-order valence-corrected chi connectivity index (χ3v) is 6.29. The van der Waals surface area contributed by atoms with Gasteiger partial charge in [-0.25, -0.2) is 0 Å². The first-order chi connectivity index (χ1) is 10.3. The Hall–Kier alpha value is -0.0800. The Labute approximate surface area is 132 Å². The molecule has 0 aromatic carbocycles. The highest BCUT2D eigenvalue weighted by atomic mass is 15.1. The molecule has 122 valence electrons. The zero-order chi connectivity index (χ0) is 14.5. The Balaban J connectivity index is 1.58. The number of nitrogens with one attached hydrogen (secondary N) is 1. The normalized spacial score (nSPS) is 27.7. The molecule has 0 amide bonds. The van der Waals surface area contributed by atoms with Gasteiger partial charge in [0.2, 0.25) is 0 Å². The van der Waals surface area contributed by atoms with E-state index in [0.717, 1.165) is 12.1 Å². The molecule has 0 heterocycles. The van der Waals surface area contributed by atoms with Crippen molar-refractivity contribution >= 4 is 0 Å². The van der Waals surface area contributed by atoms with Crippen LogP contribution in [0.15, 0.2) is 0 Å². The molecule has 0 atom stereocenters. The molecule has 0 aromatic rings. The van der Waals surface area contributed by atoms with E-state index in [1.165, 1.54) is 96.6 Å². The van der Waals surface area contributed by atoms with Crippen LogP contribution >= 0.6 is 0 Å². The van der Waals surface area contributed by atoms with Gasteiger partial charge >= 0.3 is 0 Å². The fraction of sp³-hybridized carbons (Fsp3) is 1.00. The van der Waals surface area contributed by atoms with Crippen molar-refractivity contribution in [2.75, 3.05) is 20.1 Å². The van der Waals surface area contributed by atoms with Crippen LogP contribution in [0.1, 0.15) is 83.5 Å². The molecule has 2 nitrogen and oxygen atoms in total. The SMILES string of the molecule is CN(CC1(CNC2CC2)CCCCCC1)C1CCCCC1. The van der Waals surface area contributed by atoms with Gasteiger partial charge in [-0.05, 0) is 51.0 Å². The van der Waals surface area contributed by atoms with E-state index in [0.29, 0.717) is 5.41 Å². The summed E-state index contributed by atoms with van der Waals surface area (Å²) in [6.45, 7) is 2.63. The van der Waals surface area contributed by atoms with Gasteiger partial charge in [0.05, 0.1) is 0 Å². The van der Waals surface area contributed by atoms with Crippen LogP contribution in [0.25, 0.3) is 0 Å². The van der Waals surface area contributed by atoms with Crippen LogP contribution in [0.3, 0.4) is 0 Å². The maximum absolute atomic E-state index is 3.88. The third-order valence-electron chi connectivity index (χ3n) is 6.29. The second-order valence-corrected chi connectivity index (χ2v) is 8.28. The second-order valence-electron chi connectivity index (χ2n) is 8.28. The summed E-state index contributed by atoms with van der Waals surface area (Å²) in [7, 11) is 2.42. The molecule has 21 heavy (non-hydrogen) atoms. The van der Waals surface area contributed by atoms with E-state index in [1.807, 2.05) is 0 Å². The lowest BCUT2D eigenvalue weighted by molar-refractivity contribution is 0.0972. The molecule has 0 bridgehead atoms. The molecule has 3 aliphatic carbocycles. The average molecular weight is 293 g/mol. The Morgan fingerprint density at radius 3 is 2.10 bits per heavy atom. The fourth-order valence-electron chi connectivity index (χ4n) is 4.70. The van der Waals surface area contributed by atoms with Crippen molar-refractivity contribution in [1.82, 2.24) is 10.2 Å². The Kier molecular flexibility index (Phi) is 5.61. The van der Waals surface area contributed by atoms with E-state index in [-0.39, 0.29) is 0 Å². The van der Waals surface area contributed by atoms with Gasteiger partial charge in [0.15, 0.2) is 0 Å². The largest absolute Gasteiger partial charge is 0.313 e. The van der Waals surface area contributed by atoms with Gasteiger partial charge in [-0.2, -0.15) is 0 Å². The topological polar surface area (TPSA) is 15.3 Å². The lowest BCUT2D eigenvalue weighted by Gasteiger charge is -2.41. The summed E-state index contributed by atoms with van der Waals surface area (Å²) in [5.41, 5.74) is 0.575. The molecule has 0 saturated heterocycles. The zero-order valence-corrected chi connectivity index (χ0v) is 14.2. The molecule has 0 unspecified atom stereocenters. The zero-order valence-electron chi connectivity index (χ0n) is 14.2. The number of hydrogen-bond donors (Lipinski definition) is 1. The molecule has 3 aliphatic rings. The summed E-state index contributed by atoms with van der Waals surface area (Å²) in [5, 5.41) is 3.88. The standard InChI is InChI=1S/C19H36N2/c1-21(18-9-5-4-6-10-18)16-19(15-20-17-11-12-17)13-7-2-3-8-14-19/h17-18,20H,2-16H2,1H3. The highest BCUT2D eigenvalue weighted by Gasteiger charge is 2.35. The quantitative estimate of drug-likeness (QED) is 0.732. The Bertz CT molecular complexity index is 297. The van der Waals surface area contributed by atoms with Gasteiger partial charge in [0.25, 0.3) is 0 Å². The van der Waals surface area contributed by atoms with Crippen LogP contribution in [0.5, 0.6) is 0 Å². The predicted octanol–water partition coefficient (Wildman–Crippen LogP) is 4.34. The first-order valence-electron chi connectivity index (χ1n) is 9.71. The van der Waals surface area contributed by atoms with Gasteiger partial charge in [-0.1, -0.05) is 44.9 Å². The predicted molar refractivity (Wildman–Crippen MR) is 90.7 cm³/mol. The minimum absolute atomic E-state index is 0.575. The number of rotatable bonds is 6. The minimum Gasteiger partial charge on any atom is -0.313 e. The highest BCUT2D eigenvalue weighted by Crippen LogP contribution is 2.37. The summed E-state index contributed by atoms with van der Waals surface area (Å²) in [6, 6.07) is 1.74. The van der Waals surface area contributed by atoms with Crippen LogP contribution in [0, 0.1) is 5.41 Å². The third kappa shape index (κ3) is 4.69. The van der Waals surface area contributed by atoms with Crippen LogP contribution in [-0.2, 0) is 0 Å². The summed E-state index contributed by atoms with van der Waals surface area (Å²) in [6.07, 6.45) is 18.9. The van der Waals surface area contributed by atoms with Crippen LogP contribution in [0.2, 0.25) is 0 Å². The monoisotopic (exact) mass is 292 g/mol. The van der Waals surface area contributed by atoms with E-state index < -0.39 is 0 Å². The molecule has 0 aromatic heterocycles. The van der Waals surface area contributed by atoms with E-state index in [9.17, 15) is 0 Å². The van der Waals surface area contributed by atoms with Crippen molar-refractivity contribution in [2.45, 2.75) is 95.6 Å². The fourth-order valence-corrected chi connectivity index (χ4v) is 4.70. The van der Waals surface area contributed by atoms with Gasteiger partial charge in [0, 0.05) is 25.2 Å². The molecule has 0 radical (unpaired) electrons. The van der Waals surface area contributed by atoms with E-state index in [1.54, 1.807) is 0 Å². The van der Waals surface area contributed by atoms with Crippen molar-refractivity contribution in [3.05, 3.63) is 0 Å². The Morgan fingerprint density at radius 1 is 0.857 bits per heavy atom. The highest BCUT2D eigenvalue weighted by molar-refractivity contribution is 4.91. The maximum Gasteiger partial charge on any atom is 0.00924 e. The van der Waals surface area contributed by atoms with E-state index in [2.05, 4.69) is 17.3 Å². The smallest absolute Gasteiger partial charge is 0.00924 e. The van der Waals surface area contributed by atoms with Crippen LogP contribution in [-0.4, -0.2) is 37.1 Å². The van der Waals surface area contributed by atoms with Crippen molar-refractivity contribution in [3.8, 4) is 0 Å². The minimum atomic E-state index is 0.575. The molecule has 0 spiro atoms. The Morgan fingerprint density at radius 2 is 1.48 bits per heavy atom. The molecule has 3 rings (SSSR count). The van der Waals surface area contributed by atoms with E-state index >= 15 is 0 Å². The maximum atomic E-state index is 3.88. The molecular formula is C19H36N2.